The summed E-state index contributed by atoms with van der Waals surface area (Å²) >= 11 is 7.21. The van der Waals surface area contributed by atoms with Gasteiger partial charge in [-0.15, -0.1) is 11.8 Å². The van der Waals surface area contributed by atoms with Crippen LogP contribution >= 0.6 is 23.4 Å². The molecule has 1 N–H and O–H groups in total. The molecule has 0 atom stereocenters. The number of aryl methyl sites for hydroxylation is 2. The van der Waals surface area contributed by atoms with Gasteiger partial charge < -0.3 is 10.1 Å². The maximum atomic E-state index is 13.0. The quantitative estimate of drug-likeness (QED) is 0.589. The van der Waals surface area contributed by atoms with Crippen LogP contribution in [0.3, 0.4) is 0 Å². The van der Waals surface area contributed by atoms with E-state index in [-0.39, 0.29) is 16.5 Å². The normalized spacial score (nSPS) is 12.5. The fourth-order valence-electron chi connectivity index (χ4n) is 2.75. The van der Waals surface area contributed by atoms with E-state index in [1.807, 2.05) is 6.07 Å². The number of carbonyl (C=O) groups is 2. The minimum atomic E-state index is -0.533. The van der Waals surface area contributed by atoms with Crippen LogP contribution in [0.15, 0.2) is 41.3 Å². The third kappa shape index (κ3) is 4.99. The number of anilines is 1. The van der Waals surface area contributed by atoms with Crippen molar-refractivity contribution in [3.63, 3.8) is 0 Å². The molecule has 0 saturated carbocycles. The molecule has 1 aliphatic carbocycles. The van der Waals surface area contributed by atoms with Gasteiger partial charge in [-0.3, -0.25) is 9.59 Å². The lowest BCUT2D eigenvalue weighted by Gasteiger charge is -2.08. The van der Waals surface area contributed by atoms with E-state index in [0.29, 0.717) is 0 Å². The number of fused-ring (bicyclic) bond motifs is 1. The molecule has 0 unspecified atom stereocenters. The largest absolute Gasteiger partial charge is 0.455 e. The first-order chi connectivity index (χ1) is 12.5. The lowest BCUT2D eigenvalue weighted by molar-refractivity contribution is -0.144. The number of carbonyl (C=O) groups excluding carboxylic acids is 2. The topological polar surface area (TPSA) is 55.4 Å². The summed E-state index contributed by atoms with van der Waals surface area (Å²) in [6, 6.07) is 9.85. The van der Waals surface area contributed by atoms with Crippen LogP contribution in [0.4, 0.5) is 10.1 Å². The van der Waals surface area contributed by atoms with Gasteiger partial charge in [0.05, 0.1) is 16.5 Å². The van der Waals surface area contributed by atoms with E-state index in [0.717, 1.165) is 23.8 Å². The van der Waals surface area contributed by atoms with Crippen LogP contribution in [0.1, 0.15) is 17.5 Å². The fraction of sp³-hybridized carbons (Fsp3) is 0.263. The van der Waals surface area contributed by atoms with E-state index in [9.17, 15) is 14.0 Å². The fourth-order valence-corrected chi connectivity index (χ4v) is 3.72. The zero-order valence-electron chi connectivity index (χ0n) is 13.9. The van der Waals surface area contributed by atoms with Gasteiger partial charge in [0, 0.05) is 4.90 Å². The van der Waals surface area contributed by atoms with E-state index >= 15 is 0 Å². The van der Waals surface area contributed by atoms with E-state index in [1.165, 1.54) is 41.4 Å². The van der Waals surface area contributed by atoms with Crippen LogP contribution in [0.2, 0.25) is 5.02 Å². The summed E-state index contributed by atoms with van der Waals surface area (Å²) in [5, 5.41) is 2.55. The highest BCUT2D eigenvalue weighted by Gasteiger charge is 2.13. The number of rotatable bonds is 6. The van der Waals surface area contributed by atoms with Crippen molar-refractivity contribution in [3.05, 3.63) is 58.4 Å². The second kappa shape index (κ2) is 8.56. The van der Waals surface area contributed by atoms with Gasteiger partial charge in [0.25, 0.3) is 5.91 Å². The minimum absolute atomic E-state index is 0.0804. The Balaban J connectivity index is 1.43. The SMILES string of the molecule is O=C(COC(=O)CSc1ccc2c(c1)CCC2)Nc1ccc(F)cc1Cl. The Hall–Kier alpha value is -2.05. The van der Waals surface area contributed by atoms with Crippen molar-refractivity contribution >= 4 is 40.9 Å². The van der Waals surface area contributed by atoms with E-state index in [2.05, 4.69) is 17.4 Å². The zero-order chi connectivity index (χ0) is 18.5. The van der Waals surface area contributed by atoms with Crippen molar-refractivity contribution in [2.75, 3.05) is 17.7 Å². The summed E-state index contributed by atoms with van der Waals surface area (Å²) in [5.74, 6) is -1.38. The summed E-state index contributed by atoms with van der Waals surface area (Å²) in [7, 11) is 0. The Morgan fingerprint density at radius 3 is 2.77 bits per heavy atom. The highest BCUT2D eigenvalue weighted by Crippen LogP contribution is 2.27. The maximum Gasteiger partial charge on any atom is 0.316 e. The second-order valence-electron chi connectivity index (χ2n) is 5.91. The Morgan fingerprint density at radius 1 is 1.15 bits per heavy atom. The predicted molar refractivity (Wildman–Crippen MR) is 100 cm³/mol. The van der Waals surface area contributed by atoms with Gasteiger partial charge >= 0.3 is 5.97 Å². The number of thioether (sulfide) groups is 1. The number of ether oxygens (including phenoxy) is 1. The van der Waals surface area contributed by atoms with Crippen molar-refractivity contribution < 1.29 is 18.7 Å². The van der Waals surface area contributed by atoms with E-state index < -0.39 is 24.3 Å². The standard InChI is InChI=1S/C19H17ClFNO3S/c20-16-9-14(21)5-7-17(16)22-18(23)10-25-19(24)11-26-15-6-4-12-2-1-3-13(12)8-15/h4-9H,1-3,10-11H2,(H,22,23). The molecule has 4 nitrogen and oxygen atoms in total. The van der Waals surface area contributed by atoms with E-state index in [4.69, 9.17) is 16.3 Å². The number of hydrogen-bond donors (Lipinski definition) is 1. The van der Waals surface area contributed by atoms with Gasteiger partial charge in [0.15, 0.2) is 6.61 Å². The lowest BCUT2D eigenvalue weighted by atomic mass is 10.1. The van der Waals surface area contributed by atoms with Crippen molar-refractivity contribution in [3.8, 4) is 0 Å². The molecule has 2 aromatic carbocycles. The molecule has 2 aromatic rings. The van der Waals surface area contributed by atoms with Crippen LogP contribution < -0.4 is 5.32 Å². The summed E-state index contributed by atoms with van der Waals surface area (Å²) in [6.07, 6.45) is 3.38. The molecule has 0 aliphatic heterocycles. The summed E-state index contributed by atoms with van der Waals surface area (Å²) in [5.41, 5.74) is 2.99. The second-order valence-corrected chi connectivity index (χ2v) is 7.36. The molecule has 0 heterocycles. The number of esters is 1. The molecule has 0 radical (unpaired) electrons. The Kier molecular flexibility index (Phi) is 6.16. The van der Waals surface area contributed by atoms with Gasteiger partial charge in [-0.2, -0.15) is 0 Å². The number of benzene rings is 2. The lowest BCUT2D eigenvalue weighted by Crippen LogP contribution is -2.21. The van der Waals surface area contributed by atoms with E-state index in [1.54, 1.807) is 0 Å². The number of halogens is 2. The molecule has 0 aromatic heterocycles. The first-order valence-corrected chi connectivity index (χ1v) is 9.53. The Bertz CT molecular complexity index is 844. The van der Waals surface area contributed by atoms with Crippen molar-refractivity contribution in [2.45, 2.75) is 24.2 Å². The maximum absolute atomic E-state index is 13.0. The molecule has 0 saturated heterocycles. The van der Waals surface area contributed by atoms with Crippen LogP contribution in [-0.4, -0.2) is 24.2 Å². The molecule has 1 aliphatic rings. The third-order valence-electron chi connectivity index (χ3n) is 4.00. The van der Waals surface area contributed by atoms with Gasteiger partial charge in [-0.1, -0.05) is 17.7 Å². The molecule has 3 rings (SSSR count). The van der Waals surface area contributed by atoms with Gasteiger partial charge in [-0.05, 0) is 60.7 Å². The molecule has 1 amide bonds. The highest BCUT2D eigenvalue weighted by atomic mass is 35.5. The Labute approximate surface area is 160 Å². The Morgan fingerprint density at radius 2 is 1.96 bits per heavy atom. The predicted octanol–water partition coefficient (Wildman–Crippen LogP) is 4.24. The number of nitrogens with one attached hydrogen (secondary N) is 1. The smallest absolute Gasteiger partial charge is 0.316 e. The minimum Gasteiger partial charge on any atom is -0.455 e. The monoisotopic (exact) mass is 393 g/mol. The van der Waals surface area contributed by atoms with Crippen molar-refractivity contribution in [2.24, 2.45) is 0 Å². The third-order valence-corrected chi connectivity index (χ3v) is 5.28. The molecule has 0 spiro atoms. The molecule has 0 fully saturated rings. The molecule has 7 heteroatoms. The van der Waals surface area contributed by atoms with Gasteiger partial charge in [0.2, 0.25) is 0 Å². The average molecular weight is 394 g/mol. The van der Waals surface area contributed by atoms with Crippen LogP contribution in [-0.2, 0) is 27.2 Å². The zero-order valence-corrected chi connectivity index (χ0v) is 15.5. The molecular weight excluding hydrogens is 377 g/mol. The molecule has 0 bridgehead atoms. The summed E-state index contributed by atoms with van der Waals surface area (Å²) in [4.78, 5) is 24.6. The first-order valence-electron chi connectivity index (χ1n) is 8.16. The summed E-state index contributed by atoms with van der Waals surface area (Å²) < 4.78 is 17.9. The molecular formula is C19H17ClFNO3S. The van der Waals surface area contributed by atoms with Crippen molar-refractivity contribution in [1.29, 1.82) is 0 Å². The average Bonchev–Trinajstić information content (AvgIpc) is 3.08. The van der Waals surface area contributed by atoms with Crippen LogP contribution in [0.5, 0.6) is 0 Å². The molecule has 136 valence electrons. The number of hydrogen-bond acceptors (Lipinski definition) is 4. The van der Waals surface area contributed by atoms with Crippen LogP contribution in [0.25, 0.3) is 0 Å². The van der Waals surface area contributed by atoms with Crippen LogP contribution in [0, 0.1) is 5.82 Å². The highest BCUT2D eigenvalue weighted by molar-refractivity contribution is 8.00. The molecule has 26 heavy (non-hydrogen) atoms. The van der Waals surface area contributed by atoms with Gasteiger partial charge in [-0.25, -0.2) is 4.39 Å². The van der Waals surface area contributed by atoms with Gasteiger partial charge in [0.1, 0.15) is 5.82 Å². The number of amides is 1. The van der Waals surface area contributed by atoms with Crippen molar-refractivity contribution in [1.82, 2.24) is 0 Å². The summed E-state index contributed by atoms with van der Waals surface area (Å²) in [6.45, 7) is -0.419. The first kappa shape index (κ1) is 18.7.